The molecule has 29 heavy (non-hydrogen) atoms. The van der Waals surface area contributed by atoms with Crippen molar-refractivity contribution in [1.82, 2.24) is 4.90 Å². The first-order valence-corrected chi connectivity index (χ1v) is 9.69. The summed E-state index contributed by atoms with van der Waals surface area (Å²) in [5, 5.41) is 5.26. The van der Waals surface area contributed by atoms with Gasteiger partial charge < -0.3 is 21.3 Å². The Labute approximate surface area is 170 Å². The number of amides is 4. The number of likely N-dealkylation sites (tertiary alicyclic amines) is 1. The van der Waals surface area contributed by atoms with Crippen LogP contribution < -0.4 is 16.4 Å². The lowest BCUT2D eigenvalue weighted by Crippen LogP contribution is -2.42. The zero-order chi connectivity index (χ0) is 21.0. The van der Waals surface area contributed by atoms with E-state index in [-0.39, 0.29) is 11.8 Å². The molecule has 4 amide bonds. The van der Waals surface area contributed by atoms with Gasteiger partial charge in [-0.2, -0.15) is 0 Å². The summed E-state index contributed by atoms with van der Waals surface area (Å²) in [5.41, 5.74) is 6.82. The summed E-state index contributed by atoms with van der Waals surface area (Å²) in [6.45, 7) is 5.73. The second-order valence-electron chi connectivity index (χ2n) is 7.73. The molecular weight excluding hydrogens is 368 g/mol. The van der Waals surface area contributed by atoms with E-state index in [4.69, 9.17) is 5.73 Å². The summed E-state index contributed by atoms with van der Waals surface area (Å²) in [4.78, 5) is 38.7. The highest BCUT2D eigenvalue weighted by molar-refractivity contribution is 6.09. The maximum absolute atomic E-state index is 13.1. The molecule has 7 heteroatoms. The lowest BCUT2D eigenvalue weighted by molar-refractivity contribution is 0.0624. The van der Waals surface area contributed by atoms with Crippen LogP contribution in [0.5, 0.6) is 0 Å². The molecule has 4 N–H and O–H groups in total. The fourth-order valence-corrected chi connectivity index (χ4v) is 3.85. The Kier molecular flexibility index (Phi) is 6.16. The van der Waals surface area contributed by atoms with E-state index in [1.165, 1.54) is 6.07 Å². The molecule has 1 aliphatic rings. The maximum atomic E-state index is 13.1. The van der Waals surface area contributed by atoms with Crippen LogP contribution >= 0.6 is 0 Å². The zero-order valence-electron chi connectivity index (χ0n) is 16.6. The van der Waals surface area contributed by atoms with Crippen LogP contribution in [0.4, 0.5) is 16.2 Å². The van der Waals surface area contributed by atoms with Crippen molar-refractivity contribution in [3.05, 3.63) is 59.7 Å². The fraction of sp³-hybridized carbons (Fsp3) is 0.318. The quantitative estimate of drug-likeness (QED) is 0.738. The molecule has 2 aromatic rings. The normalized spacial score (nSPS) is 18.8. The Morgan fingerprint density at radius 1 is 0.966 bits per heavy atom. The molecule has 0 spiro atoms. The van der Waals surface area contributed by atoms with Gasteiger partial charge in [0.15, 0.2) is 0 Å². The third-order valence-corrected chi connectivity index (χ3v) is 4.95. The minimum absolute atomic E-state index is 0.0801. The second kappa shape index (κ2) is 8.77. The van der Waals surface area contributed by atoms with Gasteiger partial charge in [0.2, 0.25) is 0 Å². The number of nitrogens with two attached hydrogens (primary N) is 1. The first-order chi connectivity index (χ1) is 13.8. The van der Waals surface area contributed by atoms with Crippen molar-refractivity contribution in [1.29, 1.82) is 0 Å². The number of piperidine rings is 1. The van der Waals surface area contributed by atoms with E-state index in [9.17, 15) is 14.4 Å². The van der Waals surface area contributed by atoms with Crippen LogP contribution in [0.3, 0.4) is 0 Å². The van der Waals surface area contributed by atoms with Gasteiger partial charge in [0, 0.05) is 24.3 Å². The minimum atomic E-state index is -0.705. The fourth-order valence-electron chi connectivity index (χ4n) is 3.85. The highest BCUT2D eigenvalue weighted by atomic mass is 16.2. The van der Waals surface area contributed by atoms with Crippen LogP contribution in [-0.2, 0) is 0 Å². The number of carbonyl (C=O) groups is 3. The van der Waals surface area contributed by atoms with E-state index in [1.54, 1.807) is 42.5 Å². The van der Waals surface area contributed by atoms with Crippen LogP contribution in [0, 0.1) is 11.8 Å². The van der Waals surface area contributed by atoms with Crippen LogP contribution in [0.15, 0.2) is 48.5 Å². The summed E-state index contributed by atoms with van der Waals surface area (Å²) in [6.07, 6.45) is 1.11. The first-order valence-electron chi connectivity index (χ1n) is 9.69. The predicted molar refractivity (Wildman–Crippen MR) is 113 cm³/mol. The maximum Gasteiger partial charge on any atom is 0.316 e. The molecule has 1 aliphatic heterocycles. The van der Waals surface area contributed by atoms with E-state index in [2.05, 4.69) is 24.5 Å². The number of rotatable bonds is 4. The molecule has 0 radical (unpaired) electrons. The van der Waals surface area contributed by atoms with Crippen molar-refractivity contribution in [2.75, 3.05) is 23.7 Å². The minimum Gasteiger partial charge on any atom is -0.351 e. The smallest absolute Gasteiger partial charge is 0.316 e. The Morgan fingerprint density at radius 2 is 1.66 bits per heavy atom. The molecule has 1 saturated heterocycles. The van der Waals surface area contributed by atoms with Crippen molar-refractivity contribution in [2.24, 2.45) is 17.6 Å². The third-order valence-electron chi connectivity index (χ3n) is 4.95. The number of nitrogens with one attached hydrogen (secondary N) is 2. The standard InChI is InChI=1S/C22H26N4O3/c1-14-10-15(2)13-26(12-14)21(28)18-8-3-4-9-19(18)25-20(27)16-6-5-7-17(11-16)24-22(23)29/h3-9,11,14-15H,10,12-13H2,1-2H3,(H,25,27)(H3,23,24,29). The summed E-state index contributed by atoms with van der Waals surface area (Å²) in [5.74, 6) is 0.442. The number of primary amides is 1. The SMILES string of the molecule is CC1CC(C)CN(C(=O)c2ccccc2NC(=O)c2cccc(NC(N)=O)c2)C1. The Balaban J connectivity index is 1.79. The molecule has 2 atom stereocenters. The number of nitrogens with zero attached hydrogens (tertiary/aromatic N) is 1. The number of carbonyl (C=O) groups excluding carboxylic acids is 3. The topological polar surface area (TPSA) is 105 Å². The number of hydrogen-bond donors (Lipinski definition) is 3. The molecule has 1 fully saturated rings. The van der Waals surface area contributed by atoms with Gasteiger partial charge in [0.25, 0.3) is 11.8 Å². The predicted octanol–water partition coefficient (Wildman–Crippen LogP) is 3.55. The number of para-hydroxylation sites is 1. The van der Waals surface area contributed by atoms with E-state index < -0.39 is 6.03 Å². The van der Waals surface area contributed by atoms with Crippen LogP contribution in [0.1, 0.15) is 41.0 Å². The van der Waals surface area contributed by atoms with Gasteiger partial charge in [-0.05, 0) is 48.6 Å². The van der Waals surface area contributed by atoms with Gasteiger partial charge in [-0.15, -0.1) is 0 Å². The molecule has 1 heterocycles. The summed E-state index contributed by atoms with van der Waals surface area (Å²) in [7, 11) is 0. The Hall–Kier alpha value is -3.35. The van der Waals surface area contributed by atoms with Crippen molar-refractivity contribution in [2.45, 2.75) is 20.3 Å². The van der Waals surface area contributed by atoms with Crippen LogP contribution in [0.2, 0.25) is 0 Å². The summed E-state index contributed by atoms with van der Waals surface area (Å²) < 4.78 is 0. The average molecular weight is 394 g/mol. The second-order valence-corrected chi connectivity index (χ2v) is 7.73. The largest absolute Gasteiger partial charge is 0.351 e. The van der Waals surface area contributed by atoms with Gasteiger partial charge in [-0.3, -0.25) is 9.59 Å². The van der Waals surface area contributed by atoms with Crippen molar-refractivity contribution < 1.29 is 14.4 Å². The van der Waals surface area contributed by atoms with E-state index in [1.807, 2.05) is 4.90 Å². The van der Waals surface area contributed by atoms with E-state index in [0.717, 1.165) is 6.42 Å². The van der Waals surface area contributed by atoms with E-state index in [0.29, 0.717) is 47.4 Å². The molecule has 2 aromatic carbocycles. The number of benzene rings is 2. The van der Waals surface area contributed by atoms with Crippen molar-refractivity contribution in [3.63, 3.8) is 0 Å². The Bertz CT molecular complexity index is 918. The molecule has 0 aliphatic carbocycles. The monoisotopic (exact) mass is 394 g/mol. The van der Waals surface area contributed by atoms with Gasteiger partial charge in [0.1, 0.15) is 0 Å². The highest BCUT2D eigenvalue weighted by Crippen LogP contribution is 2.25. The van der Waals surface area contributed by atoms with Crippen LogP contribution in [0.25, 0.3) is 0 Å². The van der Waals surface area contributed by atoms with Crippen molar-refractivity contribution >= 4 is 29.2 Å². The van der Waals surface area contributed by atoms with Gasteiger partial charge in [-0.25, -0.2) is 4.79 Å². The number of anilines is 2. The van der Waals surface area contributed by atoms with Gasteiger partial charge >= 0.3 is 6.03 Å². The number of hydrogen-bond acceptors (Lipinski definition) is 3. The lowest BCUT2D eigenvalue weighted by Gasteiger charge is -2.35. The zero-order valence-corrected chi connectivity index (χ0v) is 16.6. The molecule has 3 rings (SSSR count). The van der Waals surface area contributed by atoms with E-state index >= 15 is 0 Å². The van der Waals surface area contributed by atoms with Gasteiger partial charge in [0.05, 0.1) is 11.3 Å². The molecular formula is C22H26N4O3. The van der Waals surface area contributed by atoms with Crippen LogP contribution in [-0.4, -0.2) is 35.8 Å². The highest BCUT2D eigenvalue weighted by Gasteiger charge is 2.27. The third kappa shape index (κ3) is 5.13. The van der Waals surface area contributed by atoms with Gasteiger partial charge in [-0.1, -0.05) is 32.0 Å². The lowest BCUT2D eigenvalue weighted by atomic mass is 9.91. The molecule has 0 aromatic heterocycles. The molecule has 0 bridgehead atoms. The Morgan fingerprint density at radius 3 is 2.34 bits per heavy atom. The van der Waals surface area contributed by atoms with Crippen molar-refractivity contribution in [3.8, 4) is 0 Å². The molecule has 0 saturated carbocycles. The molecule has 152 valence electrons. The molecule has 2 unspecified atom stereocenters. The first kappa shape index (κ1) is 20.4. The average Bonchev–Trinajstić information content (AvgIpc) is 2.67. The molecule has 7 nitrogen and oxygen atoms in total. The number of urea groups is 1. The summed E-state index contributed by atoms with van der Waals surface area (Å²) >= 11 is 0. The summed E-state index contributed by atoms with van der Waals surface area (Å²) in [6, 6.07) is 12.7.